The van der Waals surface area contributed by atoms with Gasteiger partial charge in [0.05, 0.1) is 29.5 Å². The number of fused-ring (bicyclic) bond motifs is 2. The number of imidazole rings is 1. The number of anilines is 1. The zero-order chi connectivity index (χ0) is 16.1. The Kier molecular flexibility index (Phi) is 3.16. The maximum absolute atomic E-state index is 10.2. The predicted molar refractivity (Wildman–Crippen MR) is 80.3 cm³/mol. The molecule has 5 N–H and O–H groups in total. The van der Waals surface area contributed by atoms with Crippen molar-refractivity contribution in [2.45, 2.75) is 24.5 Å². The molecular formula is C14H15N5O4. The van der Waals surface area contributed by atoms with Crippen molar-refractivity contribution in [1.29, 1.82) is 0 Å². The molecule has 9 nitrogen and oxygen atoms in total. The van der Waals surface area contributed by atoms with Gasteiger partial charge in [0.2, 0.25) is 0 Å². The monoisotopic (exact) mass is 317 g/mol. The fourth-order valence-electron chi connectivity index (χ4n) is 2.91. The van der Waals surface area contributed by atoms with Crippen molar-refractivity contribution in [1.82, 2.24) is 19.5 Å². The number of hydrogen-bond acceptors (Lipinski definition) is 8. The molecule has 0 amide bonds. The number of hydrogen-bond donors (Lipinski definition) is 4. The van der Waals surface area contributed by atoms with E-state index in [9.17, 15) is 15.3 Å². The molecule has 0 radical (unpaired) electrons. The molecule has 2 aromatic heterocycles. The fourth-order valence-corrected chi connectivity index (χ4v) is 2.91. The number of aliphatic hydroxyl groups is 3. The second-order valence-corrected chi connectivity index (χ2v) is 5.50. The van der Waals surface area contributed by atoms with Crippen molar-refractivity contribution >= 4 is 27.8 Å². The van der Waals surface area contributed by atoms with Crippen molar-refractivity contribution in [3.63, 3.8) is 0 Å². The Balaban J connectivity index is 1.85. The second-order valence-electron chi connectivity index (χ2n) is 5.50. The Morgan fingerprint density at radius 1 is 1.13 bits per heavy atom. The number of nitrogen functional groups attached to an aromatic ring is 1. The third-order valence-corrected chi connectivity index (χ3v) is 4.15. The third kappa shape index (κ3) is 2.05. The van der Waals surface area contributed by atoms with Gasteiger partial charge in [-0.3, -0.25) is 0 Å². The predicted octanol–water partition coefficient (Wildman–Crippen LogP) is -0.827. The van der Waals surface area contributed by atoms with Crippen LogP contribution in [0.15, 0.2) is 24.8 Å². The summed E-state index contributed by atoms with van der Waals surface area (Å²) < 4.78 is 7.15. The first-order valence-electron chi connectivity index (χ1n) is 7.09. The molecule has 1 aliphatic heterocycles. The average Bonchev–Trinajstić information content (AvgIpc) is 3.08. The summed E-state index contributed by atoms with van der Waals surface area (Å²) >= 11 is 0. The molecule has 23 heavy (non-hydrogen) atoms. The van der Waals surface area contributed by atoms with Gasteiger partial charge < -0.3 is 30.4 Å². The zero-order valence-electron chi connectivity index (χ0n) is 11.9. The molecule has 4 rings (SSSR count). The van der Waals surface area contributed by atoms with Gasteiger partial charge in [0.15, 0.2) is 6.23 Å². The van der Waals surface area contributed by atoms with Crippen LogP contribution >= 0.6 is 0 Å². The Labute approximate surface area is 130 Å². The van der Waals surface area contributed by atoms with Gasteiger partial charge in [-0.05, 0) is 12.1 Å². The molecule has 3 heterocycles. The first kappa shape index (κ1) is 14.3. The van der Waals surface area contributed by atoms with Crippen LogP contribution < -0.4 is 5.73 Å². The number of benzene rings is 1. The van der Waals surface area contributed by atoms with Crippen LogP contribution in [0.4, 0.5) is 5.82 Å². The molecule has 1 aliphatic rings. The van der Waals surface area contributed by atoms with Gasteiger partial charge >= 0.3 is 0 Å². The lowest BCUT2D eigenvalue weighted by Gasteiger charge is -2.17. The van der Waals surface area contributed by atoms with Crippen molar-refractivity contribution in [2.75, 3.05) is 12.3 Å². The summed E-state index contributed by atoms with van der Waals surface area (Å²) in [5, 5.41) is 30.0. The van der Waals surface area contributed by atoms with Crippen LogP contribution in [-0.4, -0.2) is 59.8 Å². The molecule has 120 valence electrons. The molecule has 0 unspecified atom stereocenters. The van der Waals surface area contributed by atoms with Crippen molar-refractivity contribution in [2.24, 2.45) is 0 Å². The minimum atomic E-state index is -1.17. The smallest absolute Gasteiger partial charge is 0.164 e. The standard InChI is InChI=1S/C14H15N5O4/c15-13-6-1-8-9(2-7(6)16-4-17-13)19(5-18-8)14-12(22)11(21)10(3-20)23-14/h1-2,4-5,10-12,14,20-22H,3H2,(H2,15,16,17)/t10-,11+,12-,14-/m0/s1. The topological polar surface area (TPSA) is 140 Å². The molecule has 3 aromatic rings. The van der Waals surface area contributed by atoms with Gasteiger partial charge in [-0.15, -0.1) is 0 Å². The first-order chi connectivity index (χ1) is 11.1. The number of nitrogens with zero attached hydrogens (tertiary/aromatic N) is 4. The molecule has 4 atom stereocenters. The summed E-state index contributed by atoms with van der Waals surface area (Å²) in [5.41, 5.74) is 7.79. The summed E-state index contributed by atoms with van der Waals surface area (Å²) in [5.74, 6) is 0.361. The molecule has 1 fully saturated rings. The molecule has 0 saturated carbocycles. The van der Waals surface area contributed by atoms with Gasteiger partial charge in [-0.2, -0.15) is 0 Å². The number of aliphatic hydroxyl groups excluding tert-OH is 3. The van der Waals surface area contributed by atoms with Gasteiger partial charge in [-0.25, -0.2) is 15.0 Å². The molecule has 0 spiro atoms. The van der Waals surface area contributed by atoms with Crippen LogP contribution in [0.1, 0.15) is 6.23 Å². The molecule has 1 aromatic carbocycles. The first-order valence-corrected chi connectivity index (χ1v) is 7.09. The van der Waals surface area contributed by atoms with E-state index in [0.29, 0.717) is 27.8 Å². The van der Waals surface area contributed by atoms with E-state index >= 15 is 0 Å². The van der Waals surface area contributed by atoms with Gasteiger partial charge in [0.25, 0.3) is 0 Å². The lowest BCUT2D eigenvalue weighted by atomic mass is 10.1. The highest BCUT2D eigenvalue weighted by Crippen LogP contribution is 2.33. The van der Waals surface area contributed by atoms with Crippen LogP contribution in [0.5, 0.6) is 0 Å². The van der Waals surface area contributed by atoms with E-state index in [-0.39, 0.29) is 6.61 Å². The Hall–Kier alpha value is -2.33. The highest BCUT2D eigenvalue weighted by atomic mass is 16.6. The summed E-state index contributed by atoms with van der Waals surface area (Å²) in [6.07, 6.45) is -1.14. The number of aromatic nitrogens is 4. The van der Waals surface area contributed by atoms with Crippen molar-refractivity contribution < 1.29 is 20.1 Å². The van der Waals surface area contributed by atoms with E-state index in [1.54, 1.807) is 16.7 Å². The van der Waals surface area contributed by atoms with Crippen LogP contribution in [0.25, 0.3) is 21.9 Å². The van der Waals surface area contributed by atoms with E-state index in [1.165, 1.54) is 12.7 Å². The summed E-state index contributed by atoms with van der Waals surface area (Å²) in [7, 11) is 0. The van der Waals surface area contributed by atoms with E-state index in [4.69, 9.17) is 10.5 Å². The Morgan fingerprint density at radius 2 is 1.96 bits per heavy atom. The Bertz CT molecular complexity index is 882. The third-order valence-electron chi connectivity index (χ3n) is 4.15. The molecule has 9 heteroatoms. The molecular weight excluding hydrogens is 302 g/mol. The largest absolute Gasteiger partial charge is 0.394 e. The quantitative estimate of drug-likeness (QED) is 0.480. The van der Waals surface area contributed by atoms with Gasteiger partial charge in [-0.1, -0.05) is 0 Å². The summed E-state index contributed by atoms with van der Waals surface area (Å²) in [6.45, 7) is -0.381. The van der Waals surface area contributed by atoms with Crippen LogP contribution in [-0.2, 0) is 4.74 Å². The van der Waals surface area contributed by atoms with E-state index in [2.05, 4.69) is 15.0 Å². The second kappa shape index (κ2) is 5.10. The highest BCUT2D eigenvalue weighted by molar-refractivity contribution is 5.97. The lowest BCUT2D eigenvalue weighted by molar-refractivity contribution is -0.0508. The van der Waals surface area contributed by atoms with Gasteiger partial charge in [0.1, 0.15) is 30.5 Å². The van der Waals surface area contributed by atoms with Crippen LogP contribution in [0.3, 0.4) is 0 Å². The van der Waals surface area contributed by atoms with E-state index in [0.717, 1.165) is 0 Å². The van der Waals surface area contributed by atoms with Crippen LogP contribution in [0, 0.1) is 0 Å². The fraction of sp³-hybridized carbons (Fsp3) is 0.357. The molecule has 0 aliphatic carbocycles. The number of nitrogens with two attached hydrogens (primary N) is 1. The lowest BCUT2D eigenvalue weighted by Crippen LogP contribution is -2.33. The Morgan fingerprint density at radius 3 is 2.70 bits per heavy atom. The van der Waals surface area contributed by atoms with E-state index < -0.39 is 24.5 Å². The maximum atomic E-state index is 10.2. The minimum Gasteiger partial charge on any atom is -0.394 e. The molecule has 0 bridgehead atoms. The molecule has 1 saturated heterocycles. The zero-order valence-corrected chi connectivity index (χ0v) is 11.9. The summed E-state index contributed by atoms with van der Waals surface area (Å²) in [4.78, 5) is 12.4. The SMILES string of the molecule is Nc1ncnc2cc3c(cc12)ncn3[C@H]1O[C@@H](CO)[C@@H](O)[C@@H]1O. The van der Waals surface area contributed by atoms with Crippen molar-refractivity contribution in [3.05, 3.63) is 24.8 Å². The number of rotatable bonds is 2. The van der Waals surface area contributed by atoms with Crippen LogP contribution in [0.2, 0.25) is 0 Å². The normalized spacial score (nSPS) is 28.0. The van der Waals surface area contributed by atoms with Crippen molar-refractivity contribution in [3.8, 4) is 0 Å². The maximum Gasteiger partial charge on any atom is 0.164 e. The van der Waals surface area contributed by atoms with E-state index in [1.807, 2.05) is 0 Å². The minimum absolute atomic E-state index is 0.361. The highest BCUT2D eigenvalue weighted by Gasteiger charge is 2.43. The number of ether oxygens (including phenoxy) is 1. The van der Waals surface area contributed by atoms with Gasteiger partial charge in [0, 0.05) is 5.39 Å². The summed E-state index contributed by atoms with van der Waals surface area (Å²) in [6, 6.07) is 3.53. The average molecular weight is 317 g/mol.